The third-order valence-corrected chi connectivity index (χ3v) is 3.89. The van der Waals surface area contributed by atoms with E-state index in [0.29, 0.717) is 6.54 Å². The molecule has 23 heavy (non-hydrogen) atoms. The fourth-order valence-electron chi connectivity index (χ4n) is 2.63. The summed E-state index contributed by atoms with van der Waals surface area (Å²) in [6.45, 7) is 4.70. The van der Waals surface area contributed by atoms with Crippen molar-refractivity contribution in [2.75, 3.05) is 6.79 Å². The molecule has 0 aromatic heterocycles. The molecular formula is C18H20N2O3. The van der Waals surface area contributed by atoms with Gasteiger partial charge in [-0.2, -0.15) is 0 Å². The predicted molar refractivity (Wildman–Crippen MR) is 87.5 cm³/mol. The number of ether oxygens (including phenoxy) is 2. The van der Waals surface area contributed by atoms with Crippen molar-refractivity contribution in [1.82, 2.24) is 10.6 Å². The molecule has 1 atom stereocenters. The quantitative estimate of drug-likeness (QED) is 0.911. The van der Waals surface area contributed by atoms with Crippen LogP contribution in [0.15, 0.2) is 42.5 Å². The lowest BCUT2D eigenvalue weighted by molar-refractivity contribution is 0.174. The second-order valence-electron chi connectivity index (χ2n) is 5.59. The van der Waals surface area contributed by atoms with Crippen LogP contribution in [0.1, 0.15) is 29.7 Å². The highest BCUT2D eigenvalue weighted by Crippen LogP contribution is 2.32. The van der Waals surface area contributed by atoms with Crippen molar-refractivity contribution in [3.8, 4) is 11.5 Å². The van der Waals surface area contributed by atoms with E-state index < -0.39 is 0 Å². The number of carbonyl (C=O) groups excluding carboxylic acids is 1. The zero-order valence-corrected chi connectivity index (χ0v) is 13.3. The van der Waals surface area contributed by atoms with Crippen LogP contribution >= 0.6 is 0 Å². The van der Waals surface area contributed by atoms with Crippen LogP contribution in [-0.4, -0.2) is 12.8 Å². The van der Waals surface area contributed by atoms with Gasteiger partial charge in [0.05, 0.1) is 6.04 Å². The second kappa shape index (κ2) is 6.60. The number of urea groups is 1. The number of nitrogens with one attached hydrogen (secondary N) is 2. The van der Waals surface area contributed by atoms with Crippen LogP contribution in [0.5, 0.6) is 11.5 Å². The summed E-state index contributed by atoms with van der Waals surface area (Å²) in [5.74, 6) is 1.46. The van der Waals surface area contributed by atoms with Gasteiger partial charge in [-0.05, 0) is 42.7 Å². The van der Waals surface area contributed by atoms with E-state index in [0.717, 1.165) is 28.2 Å². The van der Waals surface area contributed by atoms with Crippen LogP contribution in [0.4, 0.5) is 4.79 Å². The van der Waals surface area contributed by atoms with E-state index in [1.807, 2.05) is 56.3 Å². The zero-order valence-electron chi connectivity index (χ0n) is 13.3. The van der Waals surface area contributed by atoms with E-state index in [9.17, 15) is 4.79 Å². The van der Waals surface area contributed by atoms with Gasteiger partial charge in [-0.3, -0.25) is 0 Å². The van der Waals surface area contributed by atoms with Gasteiger partial charge >= 0.3 is 6.03 Å². The van der Waals surface area contributed by atoms with Crippen molar-refractivity contribution in [2.45, 2.75) is 26.4 Å². The molecule has 120 valence electrons. The van der Waals surface area contributed by atoms with Crippen molar-refractivity contribution < 1.29 is 14.3 Å². The molecule has 5 heteroatoms. The Morgan fingerprint density at radius 1 is 1.17 bits per heavy atom. The smallest absolute Gasteiger partial charge is 0.315 e. The van der Waals surface area contributed by atoms with Gasteiger partial charge in [-0.1, -0.05) is 30.3 Å². The Hall–Kier alpha value is -2.69. The number of hydrogen-bond acceptors (Lipinski definition) is 3. The number of fused-ring (bicyclic) bond motifs is 1. The fourth-order valence-corrected chi connectivity index (χ4v) is 2.63. The standard InChI is InChI=1S/C18H20N2O3/c1-12-5-3-4-6-15(12)13(2)20-18(21)19-10-14-7-8-16-17(9-14)23-11-22-16/h3-9,13H,10-11H2,1-2H3,(H2,19,20,21). The summed E-state index contributed by atoms with van der Waals surface area (Å²) in [4.78, 5) is 12.1. The van der Waals surface area contributed by atoms with Crippen molar-refractivity contribution in [3.05, 3.63) is 59.2 Å². The van der Waals surface area contributed by atoms with Gasteiger partial charge in [0.1, 0.15) is 0 Å². The SMILES string of the molecule is Cc1ccccc1C(C)NC(=O)NCc1ccc2c(c1)OCO2. The first-order chi connectivity index (χ1) is 11.1. The molecule has 3 rings (SSSR count). The van der Waals surface area contributed by atoms with Gasteiger partial charge in [0, 0.05) is 6.54 Å². The molecule has 5 nitrogen and oxygen atoms in total. The minimum absolute atomic E-state index is 0.0482. The topological polar surface area (TPSA) is 59.6 Å². The third-order valence-electron chi connectivity index (χ3n) is 3.89. The lowest BCUT2D eigenvalue weighted by Crippen LogP contribution is -2.36. The van der Waals surface area contributed by atoms with Crippen molar-refractivity contribution >= 4 is 6.03 Å². The molecule has 0 spiro atoms. The molecule has 2 aromatic carbocycles. The Balaban J connectivity index is 1.54. The summed E-state index contributed by atoms with van der Waals surface area (Å²) >= 11 is 0. The van der Waals surface area contributed by atoms with Crippen molar-refractivity contribution in [2.24, 2.45) is 0 Å². The molecule has 0 saturated heterocycles. The third kappa shape index (κ3) is 3.56. The first kappa shape index (κ1) is 15.2. The molecular weight excluding hydrogens is 292 g/mol. The molecule has 0 radical (unpaired) electrons. The molecule has 1 aliphatic heterocycles. The van der Waals surface area contributed by atoms with Crippen LogP contribution in [0, 0.1) is 6.92 Å². The fraction of sp³-hybridized carbons (Fsp3) is 0.278. The summed E-state index contributed by atoms with van der Waals surface area (Å²) in [7, 11) is 0. The number of carbonyl (C=O) groups is 1. The normalized spacial score (nSPS) is 13.5. The molecule has 1 aliphatic rings. The predicted octanol–water partition coefficient (Wildman–Crippen LogP) is 3.28. The van der Waals surface area contributed by atoms with Crippen LogP contribution in [-0.2, 0) is 6.54 Å². The van der Waals surface area contributed by atoms with E-state index in [4.69, 9.17) is 9.47 Å². The van der Waals surface area contributed by atoms with Gasteiger partial charge in [-0.15, -0.1) is 0 Å². The summed E-state index contributed by atoms with van der Waals surface area (Å²) in [6, 6.07) is 13.4. The van der Waals surface area contributed by atoms with Gasteiger partial charge in [0.15, 0.2) is 11.5 Å². The average Bonchev–Trinajstić information content (AvgIpc) is 3.01. The van der Waals surface area contributed by atoms with Gasteiger partial charge in [-0.25, -0.2) is 4.79 Å². The van der Waals surface area contributed by atoms with E-state index in [1.165, 1.54) is 0 Å². The highest BCUT2D eigenvalue weighted by atomic mass is 16.7. The number of benzene rings is 2. The van der Waals surface area contributed by atoms with Crippen LogP contribution in [0.2, 0.25) is 0 Å². The summed E-state index contributed by atoms with van der Waals surface area (Å²) in [5.41, 5.74) is 3.25. The Morgan fingerprint density at radius 3 is 2.78 bits per heavy atom. The van der Waals surface area contributed by atoms with Crippen molar-refractivity contribution in [3.63, 3.8) is 0 Å². The van der Waals surface area contributed by atoms with E-state index in [-0.39, 0.29) is 18.9 Å². The summed E-state index contributed by atoms with van der Waals surface area (Å²) < 4.78 is 10.6. The Morgan fingerprint density at radius 2 is 1.96 bits per heavy atom. The largest absolute Gasteiger partial charge is 0.454 e. The minimum atomic E-state index is -0.196. The highest BCUT2D eigenvalue weighted by molar-refractivity contribution is 5.74. The maximum Gasteiger partial charge on any atom is 0.315 e. The Kier molecular flexibility index (Phi) is 4.37. The zero-order chi connectivity index (χ0) is 16.2. The molecule has 1 unspecified atom stereocenters. The minimum Gasteiger partial charge on any atom is -0.454 e. The molecule has 0 aliphatic carbocycles. The maximum atomic E-state index is 12.1. The lowest BCUT2D eigenvalue weighted by Gasteiger charge is -2.17. The number of rotatable bonds is 4. The van der Waals surface area contributed by atoms with E-state index in [1.54, 1.807) is 0 Å². The van der Waals surface area contributed by atoms with Crippen LogP contribution < -0.4 is 20.1 Å². The average molecular weight is 312 g/mol. The molecule has 0 fully saturated rings. The van der Waals surface area contributed by atoms with Crippen LogP contribution in [0.25, 0.3) is 0 Å². The maximum absolute atomic E-state index is 12.1. The number of aryl methyl sites for hydroxylation is 1. The molecule has 2 aromatic rings. The summed E-state index contributed by atoms with van der Waals surface area (Å²) in [6.07, 6.45) is 0. The summed E-state index contributed by atoms with van der Waals surface area (Å²) in [5, 5.41) is 5.82. The number of hydrogen-bond donors (Lipinski definition) is 2. The van der Waals surface area contributed by atoms with Gasteiger partial charge < -0.3 is 20.1 Å². The van der Waals surface area contributed by atoms with E-state index in [2.05, 4.69) is 10.6 Å². The van der Waals surface area contributed by atoms with Crippen LogP contribution in [0.3, 0.4) is 0 Å². The Bertz CT molecular complexity index is 715. The molecule has 0 saturated carbocycles. The highest BCUT2D eigenvalue weighted by Gasteiger charge is 2.14. The van der Waals surface area contributed by atoms with E-state index >= 15 is 0 Å². The van der Waals surface area contributed by atoms with Gasteiger partial charge in [0.2, 0.25) is 6.79 Å². The second-order valence-corrected chi connectivity index (χ2v) is 5.59. The van der Waals surface area contributed by atoms with Gasteiger partial charge in [0.25, 0.3) is 0 Å². The van der Waals surface area contributed by atoms with Crippen molar-refractivity contribution in [1.29, 1.82) is 0 Å². The monoisotopic (exact) mass is 312 g/mol. The number of amides is 2. The molecule has 0 bridgehead atoms. The first-order valence-electron chi connectivity index (χ1n) is 7.62. The lowest BCUT2D eigenvalue weighted by atomic mass is 10.0. The first-order valence-corrected chi connectivity index (χ1v) is 7.62. The molecule has 2 amide bonds. The molecule has 1 heterocycles. The molecule has 2 N–H and O–H groups in total. The Labute approximate surface area is 135 Å².